The summed E-state index contributed by atoms with van der Waals surface area (Å²) in [5.74, 6) is -0.417. The van der Waals surface area contributed by atoms with E-state index in [4.69, 9.17) is 0 Å². The molecule has 6 nitrogen and oxygen atoms in total. The molecule has 0 atom stereocenters. The highest BCUT2D eigenvalue weighted by Gasteiger charge is 2.13. The standard InChI is InChI=1S/C17H14Br2N4O2/c18-13-6-11-12(9-23-15(11)7-14(13)19)17(25)22-5-4-21-16(24)10-2-1-3-20-8-10/h1-3,6-9,23H,4-5H2,(H,21,24)(H,22,25). The van der Waals surface area contributed by atoms with Crippen molar-refractivity contribution in [2.45, 2.75) is 0 Å². The molecule has 25 heavy (non-hydrogen) atoms. The van der Waals surface area contributed by atoms with Gasteiger partial charge in [0.1, 0.15) is 0 Å². The van der Waals surface area contributed by atoms with Crippen molar-refractivity contribution in [3.8, 4) is 0 Å². The van der Waals surface area contributed by atoms with Gasteiger partial charge in [-0.3, -0.25) is 14.6 Å². The molecule has 0 unspecified atom stereocenters. The minimum Gasteiger partial charge on any atom is -0.360 e. The average molecular weight is 466 g/mol. The van der Waals surface area contributed by atoms with E-state index in [0.29, 0.717) is 24.2 Å². The van der Waals surface area contributed by atoms with Crippen LogP contribution in [0.25, 0.3) is 10.9 Å². The normalized spacial score (nSPS) is 10.6. The summed E-state index contributed by atoms with van der Waals surface area (Å²) >= 11 is 6.88. The highest BCUT2D eigenvalue weighted by atomic mass is 79.9. The Balaban J connectivity index is 1.56. The number of aromatic amines is 1. The number of hydrogen-bond acceptors (Lipinski definition) is 3. The summed E-state index contributed by atoms with van der Waals surface area (Å²) in [5.41, 5.74) is 1.91. The molecule has 0 aliphatic heterocycles. The Bertz CT molecular complexity index is 925. The van der Waals surface area contributed by atoms with Gasteiger partial charge in [-0.15, -0.1) is 0 Å². The molecule has 0 saturated heterocycles. The Kier molecular flexibility index (Phi) is 5.50. The molecule has 0 spiro atoms. The number of nitrogens with zero attached hydrogens (tertiary/aromatic N) is 1. The predicted octanol–water partition coefficient (Wildman–Crippen LogP) is 3.25. The SMILES string of the molecule is O=C(NCCNC(=O)c1c[nH]c2cc(Br)c(Br)cc12)c1cccnc1. The summed E-state index contributed by atoms with van der Waals surface area (Å²) in [4.78, 5) is 31.2. The van der Waals surface area contributed by atoms with Crippen LogP contribution in [0.15, 0.2) is 51.8 Å². The molecule has 0 radical (unpaired) electrons. The molecule has 3 N–H and O–H groups in total. The van der Waals surface area contributed by atoms with Crippen molar-refractivity contribution >= 4 is 54.6 Å². The maximum absolute atomic E-state index is 12.3. The fraction of sp³-hybridized carbons (Fsp3) is 0.118. The lowest BCUT2D eigenvalue weighted by Crippen LogP contribution is -2.34. The number of amides is 2. The minimum atomic E-state index is -0.219. The van der Waals surface area contributed by atoms with Crippen LogP contribution in [0.5, 0.6) is 0 Å². The number of pyridine rings is 1. The smallest absolute Gasteiger partial charge is 0.253 e. The van der Waals surface area contributed by atoms with Crippen molar-refractivity contribution < 1.29 is 9.59 Å². The molecule has 0 fully saturated rings. The molecule has 3 aromatic rings. The molecule has 3 rings (SSSR count). The Morgan fingerprint density at radius 1 is 1.08 bits per heavy atom. The minimum absolute atomic E-state index is 0.198. The molecule has 0 aliphatic rings. The lowest BCUT2D eigenvalue weighted by atomic mass is 10.1. The van der Waals surface area contributed by atoms with Gasteiger partial charge in [-0.1, -0.05) is 0 Å². The monoisotopic (exact) mass is 464 g/mol. The third-order valence-corrected chi connectivity index (χ3v) is 5.43. The summed E-state index contributed by atoms with van der Waals surface area (Å²) in [7, 11) is 0. The van der Waals surface area contributed by atoms with Crippen molar-refractivity contribution in [3.05, 3.63) is 62.9 Å². The zero-order valence-corrected chi connectivity index (χ0v) is 16.1. The number of nitrogens with one attached hydrogen (secondary N) is 3. The van der Waals surface area contributed by atoms with Gasteiger partial charge in [0.2, 0.25) is 0 Å². The molecule has 0 saturated carbocycles. The van der Waals surface area contributed by atoms with E-state index < -0.39 is 0 Å². The van der Waals surface area contributed by atoms with Crippen LogP contribution in [-0.2, 0) is 0 Å². The van der Waals surface area contributed by atoms with Gasteiger partial charge in [0, 0.05) is 51.5 Å². The van der Waals surface area contributed by atoms with Gasteiger partial charge in [-0.2, -0.15) is 0 Å². The average Bonchev–Trinajstić information content (AvgIpc) is 3.02. The van der Waals surface area contributed by atoms with Gasteiger partial charge in [0.25, 0.3) is 11.8 Å². The van der Waals surface area contributed by atoms with E-state index in [9.17, 15) is 9.59 Å². The van der Waals surface area contributed by atoms with E-state index in [1.807, 2.05) is 12.1 Å². The number of H-pyrrole nitrogens is 1. The largest absolute Gasteiger partial charge is 0.360 e. The van der Waals surface area contributed by atoms with Crippen LogP contribution in [0.3, 0.4) is 0 Å². The lowest BCUT2D eigenvalue weighted by molar-refractivity contribution is 0.0928. The quantitative estimate of drug-likeness (QED) is 0.505. The zero-order valence-electron chi connectivity index (χ0n) is 13.0. The molecular weight excluding hydrogens is 452 g/mol. The summed E-state index contributed by atoms with van der Waals surface area (Å²) in [6, 6.07) is 7.17. The molecule has 2 amide bonds. The molecule has 0 bridgehead atoms. The van der Waals surface area contributed by atoms with Gasteiger partial charge in [0.15, 0.2) is 0 Å². The van der Waals surface area contributed by atoms with E-state index in [2.05, 4.69) is 52.5 Å². The Morgan fingerprint density at radius 3 is 2.52 bits per heavy atom. The van der Waals surface area contributed by atoms with Gasteiger partial charge in [-0.25, -0.2) is 0 Å². The van der Waals surface area contributed by atoms with Crippen LogP contribution in [0.1, 0.15) is 20.7 Å². The van der Waals surface area contributed by atoms with E-state index in [1.54, 1.807) is 24.5 Å². The summed E-state index contributed by atoms with van der Waals surface area (Å²) in [6.45, 7) is 0.659. The van der Waals surface area contributed by atoms with E-state index in [-0.39, 0.29) is 11.8 Å². The number of benzene rings is 1. The van der Waals surface area contributed by atoms with Crippen LogP contribution < -0.4 is 10.6 Å². The molecule has 2 aromatic heterocycles. The van der Waals surface area contributed by atoms with Crippen LogP contribution >= 0.6 is 31.9 Å². The first-order chi connectivity index (χ1) is 12.1. The number of rotatable bonds is 5. The van der Waals surface area contributed by atoms with Gasteiger partial charge in [0.05, 0.1) is 11.1 Å². The third kappa shape index (κ3) is 4.08. The van der Waals surface area contributed by atoms with E-state index in [0.717, 1.165) is 19.8 Å². The fourth-order valence-corrected chi connectivity index (χ4v) is 3.04. The Labute approximate surface area is 160 Å². The second kappa shape index (κ2) is 7.79. The van der Waals surface area contributed by atoms with Crippen LogP contribution in [0, 0.1) is 0 Å². The van der Waals surface area contributed by atoms with Crippen molar-refractivity contribution in [2.75, 3.05) is 13.1 Å². The first kappa shape index (κ1) is 17.6. The molecule has 0 aliphatic carbocycles. The zero-order chi connectivity index (χ0) is 17.8. The van der Waals surface area contributed by atoms with Crippen molar-refractivity contribution in [2.24, 2.45) is 0 Å². The molecule has 1 aromatic carbocycles. The first-order valence-corrected chi connectivity index (χ1v) is 9.07. The number of carbonyl (C=O) groups excluding carboxylic acids is 2. The van der Waals surface area contributed by atoms with Gasteiger partial charge >= 0.3 is 0 Å². The van der Waals surface area contributed by atoms with Crippen molar-refractivity contribution in [1.29, 1.82) is 0 Å². The Hall–Kier alpha value is -2.19. The van der Waals surface area contributed by atoms with Crippen LogP contribution in [0.2, 0.25) is 0 Å². The molecule has 8 heteroatoms. The highest BCUT2D eigenvalue weighted by molar-refractivity contribution is 9.13. The van der Waals surface area contributed by atoms with Crippen LogP contribution in [-0.4, -0.2) is 34.9 Å². The van der Waals surface area contributed by atoms with E-state index in [1.165, 1.54) is 6.20 Å². The van der Waals surface area contributed by atoms with Gasteiger partial charge < -0.3 is 15.6 Å². The van der Waals surface area contributed by atoms with Crippen molar-refractivity contribution in [3.63, 3.8) is 0 Å². The topological polar surface area (TPSA) is 86.9 Å². The van der Waals surface area contributed by atoms with E-state index >= 15 is 0 Å². The summed E-state index contributed by atoms with van der Waals surface area (Å²) in [6.07, 6.45) is 4.78. The maximum Gasteiger partial charge on any atom is 0.253 e. The maximum atomic E-state index is 12.3. The number of hydrogen-bond donors (Lipinski definition) is 3. The second-order valence-corrected chi connectivity index (χ2v) is 6.98. The Morgan fingerprint density at radius 2 is 1.80 bits per heavy atom. The number of aromatic nitrogens is 2. The number of halogens is 2. The fourth-order valence-electron chi connectivity index (χ4n) is 2.35. The molecule has 2 heterocycles. The van der Waals surface area contributed by atoms with Crippen molar-refractivity contribution in [1.82, 2.24) is 20.6 Å². The summed E-state index contributed by atoms with van der Waals surface area (Å²) in [5, 5.41) is 6.37. The lowest BCUT2D eigenvalue weighted by Gasteiger charge is -2.07. The first-order valence-electron chi connectivity index (χ1n) is 7.49. The molecule has 128 valence electrons. The second-order valence-electron chi connectivity index (χ2n) is 5.27. The van der Waals surface area contributed by atoms with Crippen LogP contribution in [0.4, 0.5) is 0 Å². The predicted molar refractivity (Wildman–Crippen MR) is 103 cm³/mol. The number of carbonyl (C=O) groups is 2. The molecular formula is C17H14Br2N4O2. The number of fused-ring (bicyclic) bond motifs is 1. The third-order valence-electron chi connectivity index (χ3n) is 3.59. The highest BCUT2D eigenvalue weighted by Crippen LogP contribution is 2.29. The van der Waals surface area contributed by atoms with Gasteiger partial charge in [-0.05, 0) is 56.1 Å². The summed E-state index contributed by atoms with van der Waals surface area (Å²) < 4.78 is 1.78.